The lowest BCUT2D eigenvalue weighted by Gasteiger charge is -2.17. The van der Waals surface area contributed by atoms with Crippen LogP contribution in [0.3, 0.4) is 0 Å². The van der Waals surface area contributed by atoms with Crippen LogP contribution in [0.25, 0.3) is 0 Å². The van der Waals surface area contributed by atoms with Crippen molar-refractivity contribution in [2.24, 2.45) is 0 Å². The summed E-state index contributed by atoms with van der Waals surface area (Å²) in [5.74, 6) is 1.09. The van der Waals surface area contributed by atoms with E-state index in [4.69, 9.17) is 9.26 Å². The average molecular weight is 359 g/mol. The number of pyridine rings is 1. The molecule has 0 aromatic carbocycles. The molecule has 26 heavy (non-hydrogen) atoms. The lowest BCUT2D eigenvalue weighted by Crippen LogP contribution is -2.33. The number of carbonyl (C=O) groups excluding carboxylic acids is 1. The zero-order chi connectivity index (χ0) is 18.5. The quantitative estimate of drug-likeness (QED) is 0.802. The van der Waals surface area contributed by atoms with E-state index >= 15 is 0 Å². The summed E-state index contributed by atoms with van der Waals surface area (Å²) in [5.41, 5.74) is 1.71. The Hall–Kier alpha value is -2.45. The molecule has 1 fully saturated rings. The number of ether oxygens (including phenoxy) is 1. The van der Waals surface area contributed by atoms with Gasteiger partial charge in [-0.15, -0.1) is 0 Å². The normalized spacial score (nSPS) is 17.6. The third kappa shape index (κ3) is 5.27. The van der Waals surface area contributed by atoms with Crippen molar-refractivity contribution in [2.45, 2.75) is 26.0 Å². The van der Waals surface area contributed by atoms with E-state index in [9.17, 15) is 4.79 Å². The van der Waals surface area contributed by atoms with Gasteiger partial charge in [0.15, 0.2) is 0 Å². The van der Waals surface area contributed by atoms with Crippen LogP contribution in [0.15, 0.2) is 28.9 Å². The van der Waals surface area contributed by atoms with Crippen LogP contribution in [0.5, 0.6) is 5.75 Å². The van der Waals surface area contributed by atoms with Crippen molar-refractivity contribution in [3.63, 3.8) is 0 Å². The Morgan fingerprint density at radius 2 is 2.31 bits per heavy atom. The molecule has 1 amide bonds. The fourth-order valence-corrected chi connectivity index (χ4v) is 2.97. The van der Waals surface area contributed by atoms with Crippen molar-refractivity contribution in [3.05, 3.63) is 35.8 Å². The highest BCUT2D eigenvalue weighted by Crippen LogP contribution is 2.19. The molecule has 1 atom stereocenters. The summed E-state index contributed by atoms with van der Waals surface area (Å²) in [4.78, 5) is 20.6. The molecule has 8 heteroatoms. The Labute approximate surface area is 153 Å². The maximum atomic E-state index is 12.1. The Morgan fingerprint density at radius 3 is 3.04 bits per heavy atom. The van der Waals surface area contributed by atoms with Gasteiger partial charge in [-0.2, -0.15) is 0 Å². The van der Waals surface area contributed by atoms with E-state index in [1.54, 1.807) is 12.3 Å². The van der Waals surface area contributed by atoms with Crippen LogP contribution in [0.4, 0.5) is 5.88 Å². The molecule has 2 aromatic heterocycles. The highest BCUT2D eigenvalue weighted by atomic mass is 16.5. The summed E-state index contributed by atoms with van der Waals surface area (Å²) in [7, 11) is 4.02. The first kappa shape index (κ1) is 18.3. The Bertz CT molecular complexity index is 746. The molecule has 3 heterocycles. The molecule has 1 unspecified atom stereocenters. The molecule has 1 aliphatic rings. The second-order valence-electron chi connectivity index (χ2n) is 6.87. The standard InChI is InChI=1S/C18H25N5O3/c1-13-8-18(26-21-13)20-17(24)12-23-7-5-16(11-23)25-15-4-6-19-14(9-15)10-22(2)3/h4,6,8-9,16H,5,7,10-12H2,1-3H3,(H,20,24). The molecule has 1 N–H and O–H groups in total. The van der Waals surface area contributed by atoms with E-state index in [1.165, 1.54) is 0 Å². The Morgan fingerprint density at radius 1 is 1.46 bits per heavy atom. The monoisotopic (exact) mass is 359 g/mol. The van der Waals surface area contributed by atoms with Gasteiger partial charge in [-0.3, -0.25) is 20.0 Å². The second kappa shape index (κ2) is 8.29. The third-order valence-electron chi connectivity index (χ3n) is 4.06. The first-order valence-corrected chi connectivity index (χ1v) is 8.70. The highest BCUT2D eigenvalue weighted by Gasteiger charge is 2.26. The number of hydrogen-bond donors (Lipinski definition) is 1. The van der Waals surface area contributed by atoms with Crippen molar-refractivity contribution in [1.29, 1.82) is 0 Å². The summed E-state index contributed by atoms with van der Waals surface area (Å²) >= 11 is 0. The minimum absolute atomic E-state index is 0.0740. The third-order valence-corrected chi connectivity index (χ3v) is 4.06. The number of carbonyl (C=O) groups is 1. The van der Waals surface area contributed by atoms with Gasteiger partial charge in [-0.05, 0) is 33.5 Å². The lowest BCUT2D eigenvalue weighted by atomic mass is 10.3. The van der Waals surface area contributed by atoms with E-state index in [1.807, 2.05) is 33.2 Å². The summed E-state index contributed by atoms with van der Waals surface area (Å²) in [6, 6.07) is 5.55. The molecule has 0 spiro atoms. The van der Waals surface area contributed by atoms with Crippen LogP contribution in [0, 0.1) is 6.92 Å². The van der Waals surface area contributed by atoms with Crippen molar-refractivity contribution in [3.8, 4) is 5.75 Å². The van der Waals surface area contributed by atoms with Gasteiger partial charge in [-0.25, -0.2) is 0 Å². The number of rotatable bonds is 7. The summed E-state index contributed by atoms with van der Waals surface area (Å²) < 4.78 is 11.1. The van der Waals surface area contributed by atoms with Crippen LogP contribution in [0.1, 0.15) is 17.8 Å². The van der Waals surface area contributed by atoms with E-state index in [2.05, 4.69) is 25.3 Å². The number of aromatic nitrogens is 2. The molecule has 0 radical (unpaired) electrons. The molecule has 0 saturated carbocycles. The molecule has 8 nitrogen and oxygen atoms in total. The van der Waals surface area contributed by atoms with Gasteiger partial charge in [0.2, 0.25) is 11.8 Å². The van der Waals surface area contributed by atoms with Gasteiger partial charge in [0.1, 0.15) is 11.9 Å². The minimum Gasteiger partial charge on any atom is -0.489 e. The predicted molar refractivity (Wildman–Crippen MR) is 97.0 cm³/mol. The van der Waals surface area contributed by atoms with Crippen LogP contribution in [-0.2, 0) is 11.3 Å². The molecule has 0 aliphatic carbocycles. The lowest BCUT2D eigenvalue weighted by molar-refractivity contribution is -0.117. The van der Waals surface area contributed by atoms with Gasteiger partial charge < -0.3 is 14.2 Å². The van der Waals surface area contributed by atoms with Gasteiger partial charge in [0.05, 0.1) is 17.9 Å². The summed E-state index contributed by atoms with van der Waals surface area (Å²) in [5, 5.41) is 6.47. The average Bonchev–Trinajstić information content (AvgIpc) is 3.16. The van der Waals surface area contributed by atoms with E-state index in [0.717, 1.165) is 36.6 Å². The van der Waals surface area contributed by atoms with Crippen molar-refractivity contribution in [2.75, 3.05) is 39.0 Å². The zero-order valence-corrected chi connectivity index (χ0v) is 15.4. The summed E-state index contributed by atoms with van der Waals surface area (Å²) in [6.07, 6.45) is 2.73. The second-order valence-corrected chi connectivity index (χ2v) is 6.87. The molecule has 2 aromatic rings. The fraction of sp³-hybridized carbons (Fsp3) is 0.500. The molecular weight excluding hydrogens is 334 g/mol. The van der Waals surface area contributed by atoms with Gasteiger partial charge in [0.25, 0.3) is 0 Å². The molecule has 0 bridgehead atoms. The van der Waals surface area contributed by atoms with Crippen LogP contribution >= 0.6 is 0 Å². The van der Waals surface area contributed by atoms with Crippen LogP contribution in [-0.4, -0.2) is 65.7 Å². The number of nitrogens with one attached hydrogen (secondary N) is 1. The topological polar surface area (TPSA) is 83.7 Å². The molecular formula is C18H25N5O3. The smallest absolute Gasteiger partial charge is 0.240 e. The number of nitrogens with zero attached hydrogens (tertiary/aromatic N) is 4. The van der Waals surface area contributed by atoms with Gasteiger partial charge in [-0.1, -0.05) is 5.16 Å². The van der Waals surface area contributed by atoms with Gasteiger partial charge >= 0.3 is 0 Å². The molecule has 3 rings (SSSR count). The summed E-state index contributed by atoms with van der Waals surface area (Å²) in [6.45, 7) is 4.43. The Balaban J connectivity index is 1.47. The first-order chi connectivity index (χ1) is 12.5. The van der Waals surface area contributed by atoms with Crippen molar-refractivity contribution < 1.29 is 14.1 Å². The fourth-order valence-electron chi connectivity index (χ4n) is 2.97. The van der Waals surface area contributed by atoms with Crippen molar-refractivity contribution >= 4 is 11.8 Å². The SMILES string of the molecule is Cc1cc(NC(=O)CN2CCC(Oc3ccnc(CN(C)C)c3)C2)on1. The van der Waals surface area contributed by atoms with Crippen molar-refractivity contribution in [1.82, 2.24) is 19.9 Å². The maximum absolute atomic E-state index is 12.1. The van der Waals surface area contributed by atoms with E-state index in [0.29, 0.717) is 19.0 Å². The minimum atomic E-state index is -0.112. The number of amides is 1. The molecule has 1 aliphatic heterocycles. The first-order valence-electron chi connectivity index (χ1n) is 8.70. The van der Waals surface area contributed by atoms with E-state index in [-0.39, 0.29) is 12.0 Å². The Kier molecular flexibility index (Phi) is 5.85. The number of aryl methyl sites for hydroxylation is 1. The number of anilines is 1. The number of likely N-dealkylation sites (tertiary alicyclic amines) is 1. The number of hydrogen-bond acceptors (Lipinski definition) is 7. The van der Waals surface area contributed by atoms with Crippen LogP contribution < -0.4 is 10.1 Å². The largest absolute Gasteiger partial charge is 0.489 e. The van der Waals surface area contributed by atoms with Crippen LogP contribution in [0.2, 0.25) is 0 Å². The maximum Gasteiger partial charge on any atom is 0.240 e. The van der Waals surface area contributed by atoms with Gasteiger partial charge in [0, 0.05) is 38.0 Å². The highest BCUT2D eigenvalue weighted by molar-refractivity contribution is 5.90. The molecule has 1 saturated heterocycles. The molecule has 140 valence electrons. The van der Waals surface area contributed by atoms with E-state index < -0.39 is 0 Å². The zero-order valence-electron chi connectivity index (χ0n) is 15.4. The predicted octanol–water partition coefficient (Wildman–Crippen LogP) is 1.53.